The van der Waals surface area contributed by atoms with E-state index < -0.39 is 59.6 Å². The summed E-state index contributed by atoms with van der Waals surface area (Å²) in [6.07, 6.45) is 2.50. The molecule has 0 aliphatic carbocycles. The number of aliphatic imine (C=N–C) groups is 2. The lowest BCUT2D eigenvalue weighted by atomic mass is 9.98. The van der Waals surface area contributed by atoms with Gasteiger partial charge in [0.15, 0.2) is 17.7 Å². The van der Waals surface area contributed by atoms with Crippen molar-refractivity contribution in [2.75, 3.05) is 6.54 Å². The van der Waals surface area contributed by atoms with Crippen LogP contribution in [0.5, 0.6) is 0 Å². The van der Waals surface area contributed by atoms with E-state index in [0.717, 1.165) is 5.56 Å². The van der Waals surface area contributed by atoms with E-state index in [0.29, 0.717) is 33.5 Å². The van der Waals surface area contributed by atoms with Crippen molar-refractivity contribution in [1.29, 1.82) is 0 Å². The molecule has 5 rings (SSSR count). The third kappa shape index (κ3) is 16.4. The van der Waals surface area contributed by atoms with E-state index in [-0.39, 0.29) is 56.4 Å². The van der Waals surface area contributed by atoms with Crippen LogP contribution in [0.15, 0.2) is 150 Å². The molecule has 0 aromatic heterocycles. The van der Waals surface area contributed by atoms with Crippen molar-refractivity contribution in [3.8, 4) is 0 Å². The van der Waals surface area contributed by atoms with Gasteiger partial charge in [-0.05, 0) is 65.4 Å². The number of hydrogen-bond donors (Lipinski definition) is 9. The molecule has 13 N–H and O–H groups in total. The monoisotopic (exact) mass is 924 g/mol. The predicted octanol–water partition coefficient (Wildman–Crippen LogP) is 2.78. The quantitative estimate of drug-likeness (QED) is 0.0151. The first-order chi connectivity index (χ1) is 32.6. The number of ketones is 1. The highest BCUT2D eigenvalue weighted by Gasteiger charge is 2.32. The minimum absolute atomic E-state index is 0.0644. The van der Waals surface area contributed by atoms with Crippen LogP contribution < -0.4 is 44.2 Å². The molecule has 4 atom stereocenters. The van der Waals surface area contributed by atoms with Crippen molar-refractivity contribution in [3.05, 3.63) is 179 Å². The lowest BCUT2D eigenvalue weighted by Crippen LogP contribution is -2.59. The lowest BCUT2D eigenvalue weighted by molar-refractivity contribution is -0.142. The fraction of sp³-hybridized carbons (Fsp3) is 0.200. The first kappa shape index (κ1) is 50.3. The second-order valence-corrected chi connectivity index (χ2v) is 15.6. The molecule has 0 saturated carbocycles. The molecule has 0 bridgehead atoms. The molecule has 0 spiro atoms. The van der Waals surface area contributed by atoms with Gasteiger partial charge in [0.25, 0.3) is 0 Å². The summed E-state index contributed by atoms with van der Waals surface area (Å²) in [5.41, 5.74) is 25.4. The van der Waals surface area contributed by atoms with E-state index in [1.165, 1.54) is 30.3 Å². The normalized spacial score (nSPS) is 12.6. The number of guanidine groups is 2. The van der Waals surface area contributed by atoms with Gasteiger partial charge in [-0.25, -0.2) is 14.2 Å². The summed E-state index contributed by atoms with van der Waals surface area (Å²) < 4.78 is 13.9. The van der Waals surface area contributed by atoms with Crippen LogP contribution in [0.4, 0.5) is 10.1 Å². The fourth-order valence-corrected chi connectivity index (χ4v) is 6.89. The predicted molar refractivity (Wildman–Crippen MR) is 256 cm³/mol. The molecule has 0 unspecified atom stereocenters. The zero-order chi connectivity index (χ0) is 49.0. The van der Waals surface area contributed by atoms with Crippen LogP contribution in [0.3, 0.4) is 0 Å². The first-order valence-corrected chi connectivity index (χ1v) is 21.5. The van der Waals surface area contributed by atoms with E-state index in [9.17, 15) is 38.3 Å². The van der Waals surface area contributed by atoms with Crippen LogP contribution in [-0.4, -0.2) is 83.1 Å². The summed E-state index contributed by atoms with van der Waals surface area (Å²) >= 11 is 0. The molecular weight excluding hydrogens is 872 g/mol. The number of benzene rings is 5. The smallest absolute Gasteiger partial charge is 0.326 e. The number of aliphatic carboxylic acids is 1. The number of carboxylic acids is 1. The highest BCUT2D eigenvalue weighted by atomic mass is 19.1. The average Bonchev–Trinajstić information content (AvgIpc) is 3.32. The number of carboxylic acid groups (broad SMARTS) is 1. The van der Waals surface area contributed by atoms with E-state index in [4.69, 9.17) is 22.9 Å². The zero-order valence-corrected chi connectivity index (χ0v) is 36.9. The maximum atomic E-state index is 14.6. The molecule has 17 nitrogen and oxygen atoms in total. The van der Waals surface area contributed by atoms with Crippen molar-refractivity contribution in [2.45, 2.75) is 56.3 Å². The minimum atomic E-state index is -1.43. The number of carbonyl (C=O) groups excluding carboxylic acids is 5. The SMILES string of the molecule is NC(N)=NCCC[C@H](NC(=O)[C@H](Cc1ccc(C(=O)c2ccccc2)cc1)NC(=O)[C@H](Cc1ccc(N=C(N)N)cc1)NC(=O)[C@H](Cc1ccc(F)cc1)NC(=O)/C=C/c1ccccc1)C(=O)O. The Morgan fingerprint density at radius 2 is 1.01 bits per heavy atom. The number of carbonyl (C=O) groups is 6. The van der Waals surface area contributed by atoms with Crippen LogP contribution >= 0.6 is 0 Å². The molecule has 0 radical (unpaired) electrons. The van der Waals surface area contributed by atoms with Crippen molar-refractivity contribution in [3.63, 3.8) is 0 Å². The number of nitrogens with one attached hydrogen (secondary N) is 4. The molecule has 4 amide bonds. The molecule has 18 heteroatoms. The number of hydrogen-bond acceptors (Lipinski definition) is 8. The molecule has 0 aliphatic heterocycles. The van der Waals surface area contributed by atoms with Crippen LogP contribution in [-0.2, 0) is 43.2 Å². The number of rotatable bonds is 23. The van der Waals surface area contributed by atoms with Crippen molar-refractivity contribution < 1.29 is 38.3 Å². The number of nitrogens with two attached hydrogens (primary N) is 4. The Morgan fingerprint density at radius 3 is 1.51 bits per heavy atom. The first-order valence-electron chi connectivity index (χ1n) is 21.5. The van der Waals surface area contributed by atoms with Gasteiger partial charge >= 0.3 is 5.97 Å². The summed E-state index contributed by atoms with van der Waals surface area (Å²) in [5, 5.41) is 20.7. The van der Waals surface area contributed by atoms with Crippen LogP contribution in [0.1, 0.15) is 51.0 Å². The number of halogens is 1. The third-order valence-electron chi connectivity index (χ3n) is 10.4. The zero-order valence-electron chi connectivity index (χ0n) is 36.9. The van der Waals surface area contributed by atoms with Crippen LogP contribution in [0.2, 0.25) is 0 Å². The van der Waals surface area contributed by atoms with Gasteiger partial charge in [-0.2, -0.15) is 0 Å². The molecular formula is C50H53FN10O7. The summed E-state index contributed by atoms with van der Waals surface area (Å²) in [6, 6.07) is 30.2. The maximum absolute atomic E-state index is 14.6. The van der Waals surface area contributed by atoms with Crippen LogP contribution in [0, 0.1) is 5.82 Å². The molecule has 68 heavy (non-hydrogen) atoms. The van der Waals surface area contributed by atoms with Crippen LogP contribution in [0.25, 0.3) is 6.08 Å². The van der Waals surface area contributed by atoms with Gasteiger partial charge in [0.2, 0.25) is 23.6 Å². The van der Waals surface area contributed by atoms with Gasteiger partial charge in [0, 0.05) is 43.0 Å². The molecule has 0 fully saturated rings. The number of amides is 4. The van der Waals surface area contributed by atoms with Crippen molar-refractivity contribution in [1.82, 2.24) is 21.3 Å². The Morgan fingerprint density at radius 1 is 0.559 bits per heavy atom. The lowest BCUT2D eigenvalue weighted by Gasteiger charge is -2.26. The Hall–Kier alpha value is -8.67. The third-order valence-corrected chi connectivity index (χ3v) is 10.4. The topological polar surface area (TPSA) is 300 Å². The summed E-state index contributed by atoms with van der Waals surface area (Å²) in [4.78, 5) is 89.8. The van der Waals surface area contributed by atoms with E-state index in [1.54, 1.807) is 109 Å². The molecule has 352 valence electrons. The highest BCUT2D eigenvalue weighted by Crippen LogP contribution is 2.17. The average molecular weight is 925 g/mol. The Balaban J connectivity index is 1.46. The van der Waals surface area contributed by atoms with Gasteiger partial charge in [-0.1, -0.05) is 109 Å². The molecule has 5 aromatic carbocycles. The second kappa shape index (κ2) is 25.1. The standard InChI is InChI=1S/C50H53FN10O7/c51-37-22-15-33(16-23-37)28-40(58-43(62)26-19-31-8-3-1-4-9-31)45(64)60-42(30-34-17-24-38(25-18-34)57-50(54)55)47(66)61-41(46(65)59-39(48(67)68)12-7-27-56-49(52)53)29-32-13-20-36(21-14-32)44(63)35-10-5-2-6-11-35/h1-6,8-11,13-26,39-42H,7,12,27-30H2,(H,58,62)(H,59,65)(H,60,64)(H,61,66)(H,67,68)(H4,52,53,56)(H4,54,55,57)/b26-19+/t39-,40-,41-,42-/m0/s1. The van der Waals surface area contributed by atoms with E-state index >= 15 is 0 Å². The summed E-state index contributed by atoms with van der Waals surface area (Å²) in [6.45, 7) is 0.0937. The van der Waals surface area contributed by atoms with E-state index in [2.05, 4.69) is 31.3 Å². The Labute approximate surface area is 392 Å². The largest absolute Gasteiger partial charge is 0.480 e. The van der Waals surface area contributed by atoms with Gasteiger partial charge < -0.3 is 49.3 Å². The van der Waals surface area contributed by atoms with Gasteiger partial charge in [-0.15, -0.1) is 0 Å². The molecule has 0 aliphatic rings. The second-order valence-electron chi connectivity index (χ2n) is 15.6. The minimum Gasteiger partial charge on any atom is -0.480 e. The Kier molecular flexibility index (Phi) is 18.6. The molecule has 0 saturated heterocycles. The summed E-state index contributed by atoms with van der Waals surface area (Å²) in [5.74, 6) is -5.61. The van der Waals surface area contributed by atoms with E-state index in [1.807, 2.05) is 6.07 Å². The van der Waals surface area contributed by atoms with Crippen molar-refractivity contribution in [2.24, 2.45) is 32.9 Å². The maximum Gasteiger partial charge on any atom is 0.326 e. The van der Waals surface area contributed by atoms with Crippen molar-refractivity contribution >= 4 is 59.1 Å². The molecule has 5 aromatic rings. The Bertz CT molecular complexity index is 2600. The van der Waals surface area contributed by atoms with Gasteiger partial charge in [0.1, 0.15) is 30.0 Å². The van der Waals surface area contributed by atoms with Gasteiger partial charge in [0.05, 0.1) is 5.69 Å². The fourth-order valence-electron chi connectivity index (χ4n) is 6.89. The number of nitrogens with zero attached hydrogens (tertiary/aromatic N) is 2. The molecule has 0 heterocycles. The summed E-state index contributed by atoms with van der Waals surface area (Å²) in [7, 11) is 0. The highest BCUT2D eigenvalue weighted by molar-refractivity contribution is 6.09. The van der Waals surface area contributed by atoms with Gasteiger partial charge in [-0.3, -0.25) is 29.0 Å².